The van der Waals surface area contributed by atoms with Gasteiger partial charge in [-0.3, -0.25) is 9.25 Å². The van der Waals surface area contributed by atoms with E-state index in [1.165, 1.54) is 0 Å². The summed E-state index contributed by atoms with van der Waals surface area (Å²) in [6, 6.07) is 0.0542. The molecule has 0 aromatic carbocycles. The Morgan fingerprint density at radius 3 is 2.68 bits per heavy atom. The first kappa shape index (κ1) is 12.2. The molecule has 7 heteroatoms. The molecule has 2 N–H and O–H groups in total. The second-order valence-corrected chi connectivity index (χ2v) is 5.61. The highest BCUT2D eigenvalue weighted by Gasteiger charge is 2.22. The molecule has 1 unspecified atom stereocenters. The Morgan fingerprint density at radius 2 is 2.05 bits per heavy atom. The second kappa shape index (κ2) is 4.06. The van der Waals surface area contributed by atoms with E-state index in [1.54, 1.807) is 11.3 Å². The first-order chi connectivity index (χ1) is 8.99. The van der Waals surface area contributed by atoms with Crippen LogP contribution in [0.4, 0.5) is 5.95 Å². The Labute approximate surface area is 114 Å². The lowest BCUT2D eigenvalue weighted by atomic mass is 10.3. The first-order valence-corrected chi connectivity index (χ1v) is 6.96. The number of fused-ring (bicyclic) bond motifs is 1. The highest BCUT2D eigenvalue weighted by atomic mass is 32.1. The van der Waals surface area contributed by atoms with Crippen molar-refractivity contribution in [1.82, 2.24) is 24.3 Å². The van der Waals surface area contributed by atoms with E-state index in [2.05, 4.69) is 22.0 Å². The molecule has 100 valence electrons. The summed E-state index contributed by atoms with van der Waals surface area (Å²) >= 11 is 1.64. The van der Waals surface area contributed by atoms with Crippen LogP contribution in [0.3, 0.4) is 0 Å². The minimum Gasteiger partial charge on any atom is -0.369 e. The molecule has 0 aliphatic heterocycles. The maximum Gasteiger partial charge on any atom is 0.203 e. The van der Waals surface area contributed by atoms with E-state index in [1.807, 2.05) is 35.5 Å². The highest BCUT2D eigenvalue weighted by molar-refractivity contribution is 7.09. The van der Waals surface area contributed by atoms with Crippen LogP contribution < -0.4 is 5.73 Å². The fourth-order valence-corrected chi connectivity index (χ4v) is 3.21. The summed E-state index contributed by atoms with van der Waals surface area (Å²) in [6.45, 7) is 6.02. The number of imidazole rings is 1. The van der Waals surface area contributed by atoms with Gasteiger partial charge in [0.05, 0.1) is 11.7 Å². The van der Waals surface area contributed by atoms with Crippen molar-refractivity contribution in [2.45, 2.75) is 26.8 Å². The molecule has 0 saturated carbocycles. The molecule has 1 atom stereocenters. The van der Waals surface area contributed by atoms with Crippen LogP contribution in [-0.2, 0) is 7.05 Å². The number of aromatic nitrogens is 5. The molecule has 0 bridgehead atoms. The van der Waals surface area contributed by atoms with Crippen molar-refractivity contribution in [2.24, 2.45) is 7.05 Å². The van der Waals surface area contributed by atoms with Crippen LogP contribution in [0.2, 0.25) is 0 Å². The average Bonchev–Trinajstić information content (AvgIpc) is 2.97. The predicted octanol–water partition coefficient (Wildman–Crippen LogP) is 2.03. The highest BCUT2D eigenvalue weighted by Crippen LogP contribution is 2.29. The predicted molar refractivity (Wildman–Crippen MR) is 76.3 cm³/mol. The number of thiazole rings is 1. The Kier molecular flexibility index (Phi) is 2.60. The standard InChI is InChI=1S/C12H16N6S/c1-6-5-19-10(14-6)8(3)18-11-9(15-12(18)13)7(2)16-17(11)4/h5,8H,1-4H3,(H2,13,15). The van der Waals surface area contributed by atoms with Crippen LogP contribution in [0.5, 0.6) is 0 Å². The summed E-state index contributed by atoms with van der Waals surface area (Å²) in [6.07, 6.45) is 0. The number of rotatable bonds is 2. The topological polar surface area (TPSA) is 74.6 Å². The zero-order valence-electron chi connectivity index (χ0n) is 11.4. The van der Waals surface area contributed by atoms with E-state index in [4.69, 9.17) is 5.73 Å². The summed E-state index contributed by atoms with van der Waals surface area (Å²) in [4.78, 5) is 8.96. The van der Waals surface area contributed by atoms with E-state index in [0.29, 0.717) is 5.95 Å². The molecule has 0 aliphatic rings. The van der Waals surface area contributed by atoms with Crippen LogP contribution >= 0.6 is 11.3 Å². The Balaban J connectivity index is 2.21. The summed E-state index contributed by atoms with van der Waals surface area (Å²) in [5.41, 5.74) is 9.79. The SMILES string of the molecule is Cc1csc(C(C)n2c(N)nc3c(C)nn(C)c32)n1. The molecule has 0 saturated heterocycles. The van der Waals surface area contributed by atoms with Gasteiger partial charge in [-0.2, -0.15) is 5.10 Å². The summed E-state index contributed by atoms with van der Waals surface area (Å²) in [5, 5.41) is 7.47. The van der Waals surface area contributed by atoms with Crippen LogP contribution in [0.15, 0.2) is 5.38 Å². The molecule has 0 aliphatic carbocycles. The number of aryl methyl sites for hydroxylation is 3. The zero-order valence-corrected chi connectivity index (χ0v) is 12.2. The van der Waals surface area contributed by atoms with E-state index in [9.17, 15) is 0 Å². The number of nitrogens with zero attached hydrogens (tertiary/aromatic N) is 5. The molecule has 0 fully saturated rings. The number of hydrogen-bond donors (Lipinski definition) is 1. The van der Waals surface area contributed by atoms with Gasteiger partial charge in [0.2, 0.25) is 5.95 Å². The van der Waals surface area contributed by atoms with Crippen molar-refractivity contribution in [2.75, 3.05) is 5.73 Å². The second-order valence-electron chi connectivity index (χ2n) is 4.72. The molecule has 6 nitrogen and oxygen atoms in total. The maximum absolute atomic E-state index is 6.07. The van der Waals surface area contributed by atoms with E-state index in [0.717, 1.165) is 27.6 Å². The molecular formula is C12H16N6S. The fourth-order valence-electron chi connectivity index (χ4n) is 2.37. The van der Waals surface area contributed by atoms with Gasteiger partial charge < -0.3 is 5.73 Å². The van der Waals surface area contributed by atoms with Crippen molar-refractivity contribution in [3.63, 3.8) is 0 Å². The first-order valence-electron chi connectivity index (χ1n) is 6.08. The van der Waals surface area contributed by atoms with Gasteiger partial charge in [-0.15, -0.1) is 11.3 Å². The van der Waals surface area contributed by atoms with Crippen molar-refractivity contribution in [3.8, 4) is 0 Å². The minimum absolute atomic E-state index is 0.0542. The Bertz CT molecular complexity index is 750. The molecule has 0 radical (unpaired) electrons. The largest absolute Gasteiger partial charge is 0.369 e. The Morgan fingerprint density at radius 1 is 1.32 bits per heavy atom. The van der Waals surface area contributed by atoms with Crippen molar-refractivity contribution >= 4 is 28.4 Å². The van der Waals surface area contributed by atoms with Crippen LogP contribution in [0.25, 0.3) is 11.2 Å². The smallest absolute Gasteiger partial charge is 0.203 e. The van der Waals surface area contributed by atoms with Gasteiger partial charge in [-0.1, -0.05) is 0 Å². The van der Waals surface area contributed by atoms with Gasteiger partial charge in [0.15, 0.2) is 5.65 Å². The fraction of sp³-hybridized carbons (Fsp3) is 0.417. The van der Waals surface area contributed by atoms with Gasteiger partial charge in [0.1, 0.15) is 10.5 Å². The van der Waals surface area contributed by atoms with E-state index >= 15 is 0 Å². The molecule has 3 rings (SSSR count). The summed E-state index contributed by atoms with van der Waals surface area (Å²) in [7, 11) is 1.91. The van der Waals surface area contributed by atoms with Gasteiger partial charge >= 0.3 is 0 Å². The van der Waals surface area contributed by atoms with Crippen LogP contribution in [-0.4, -0.2) is 24.3 Å². The van der Waals surface area contributed by atoms with Crippen LogP contribution in [0, 0.1) is 13.8 Å². The lowest BCUT2D eigenvalue weighted by molar-refractivity contribution is 0.631. The van der Waals surface area contributed by atoms with Gasteiger partial charge in [-0.25, -0.2) is 9.97 Å². The van der Waals surface area contributed by atoms with Gasteiger partial charge in [-0.05, 0) is 20.8 Å². The quantitative estimate of drug-likeness (QED) is 0.777. The normalized spacial score (nSPS) is 13.3. The summed E-state index contributed by atoms with van der Waals surface area (Å²) < 4.78 is 3.82. The van der Waals surface area contributed by atoms with Gasteiger partial charge in [0, 0.05) is 18.1 Å². The van der Waals surface area contributed by atoms with Crippen molar-refractivity contribution < 1.29 is 0 Å². The lowest BCUT2D eigenvalue weighted by Crippen LogP contribution is -2.12. The van der Waals surface area contributed by atoms with Crippen molar-refractivity contribution in [1.29, 1.82) is 0 Å². The van der Waals surface area contributed by atoms with Crippen molar-refractivity contribution in [3.05, 3.63) is 21.8 Å². The Hall–Kier alpha value is -1.89. The molecule has 3 aromatic heterocycles. The monoisotopic (exact) mass is 276 g/mol. The van der Waals surface area contributed by atoms with Gasteiger partial charge in [0.25, 0.3) is 0 Å². The van der Waals surface area contributed by atoms with E-state index < -0.39 is 0 Å². The number of nitrogens with two attached hydrogens (primary N) is 1. The molecule has 19 heavy (non-hydrogen) atoms. The third-order valence-corrected chi connectivity index (χ3v) is 4.38. The van der Waals surface area contributed by atoms with E-state index in [-0.39, 0.29) is 6.04 Å². The third kappa shape index (κ3) is 1.73. The van der Waals surface area contributed by atoms with Crippen LogP contribution in [0.1, 0.15) is 29.4 Å². The third-order valence-electron chi connectivity index (χ3n) is 3.24. The minimum atomic E-state index is 0.0542. The zero-order chi connectivity index (χ0) is 13.7. The lowest BCUT2D eigenvalue weighted by Gasteiger charge is -2.13. The molecule has 3 aromatic rings. The maximum atomic E-state index is 6.07. The average molecular weight is 276 g/mol. The molecule has 0 spiro atoms. The number of nitrogen functional groups attached to an aromatic ring is 1. The molecule has 0 amide bonds. The molecule has 3 heterocycles. The summed E-state index contributed by atoms with van der Waals surface area (Å²) in [5.74, 6) is 0.506. The number of anilines is 1. The number of hydrogen-bond acceptors (Lipinski definition) is 5. The molecular weight excluding hydrogens is 260 g/mol.